The van der Waals surface area contributed by atoms with Crippen molar-refractivity contribution < 1.29 is 5.10 Å². The molecule has 0 unspecified atom stereocenters. The smallest absolute Gasteiger partial charge is 0.221 e. The summed E-state index contributed by atoms with van der Waals surface area (Å²) in [4.78, 5) is 0. The summed E-state index contributed by atoms with van der Waals surface area (Å²) in [7, 11) is 0. The lowest BCUT2D eigenvalue weighted by molar-refractivity contribution is -0.499. The van der Waals surface area contributed by atoms with Crippen LogP contribution in [0.3, 0.4) is 0 Å². The summed E-state index contributed by atoms with van der Waals surface area (Å²) in [6.45, 7) is 0. The molecule has 3 nitrogen and oxygen atoms in total. The fraction of sp³-hybridized carbons (Fsp3) is 0. The van der Waals surface area contributed by atoms with E-state index in [-0.39, 0.29) is 5.11 Å². The molecule has 0 heterocycles. The minimum atomic E-state index is 0.112. The molecule has 0 spiro atoms. The monoisotopic (exact) mass is 282 g/mol. The fourth-order valence-corrected chi connectivity index (χ4v) is 1.56. The van der Waals surface area contributed by atoms with E-state index in [1.165, 1.54) is 6.21 Å². The average Bonchev–Trinajstić information content (AvgIpc) is 2.17. The third-order valence-electron chi connectivity index (χ3n) is 1.49. The quantitative estimate of drug-likeness (QED) is 0.327. The van der Waals surface area contributed by atoms with Crippen molar-refractivity contribution in [3.63, 3.8) is 0 Å². The van der Waals surface area contributed by atoms with Gasteiger partial charge in [0, 0.05) is 0 Å². The van der Waals surface area contributed by atoms with Crippen LogP contribution < -0.4 is 16.3 Å². The van der Waals surface area contributed by atoms with Gasteiger partial charge in [-0.05, 0) is 24.4 Å². The highest BCUT2D eigenvalue weighted by molar-refractivity contribution is 7.80. The summed E-state index contributed by atoms with van der Waals surface area (Å²) in [5.41, 5.74) is 8.28. The van der Waals surface area contributed by atoms with Crippen molar-refractivity contribution in [1.29, 1.82) is 0 Å². The van der Waals surface area contributed by atoms with Gasteiger partial charge in [-0.25, -0.2) is 0 Å². The lowest BCUT2D eigenvalue weighted by Gasteiger charge is -2.00. The van der Waals surface area contributed by atoms with E-state index in [2.05, 4.69) is 22.7 Å². The Balaban J connectivity index is 2.98. The van der Waals surface area contributed by atoms with E-state index in [9.17, 15) is 0 Å². The Hall–Kier alpha value is -0.550. The van der Waals surface area contributed by atoms with Crippen molar-refractivity contribution in [2.24, 2.45) is 5.73 Å². The molecule has 0 aliphatic rings. The third-order valence-corrected chi connectivity index (χ3v) is 2.74. The number of benzene rings is 1. The van der Waals surface area contributed by atoms with E-state index in [1.54, 1.807) is 12.1 Å². The Morgan fingerprint density at radius 3 is 2.53 bits per heavy atom. The highest BCUT2D eigenvalue weighted by atomic mass is 35.5. The fourth-order valence-electron chi connectivity index (χ4n) is 0.854. The van der Waals surface area contributed by atoms with Crippen LogP contribution in [0.4, 0.5) is 0 Å². The van der Waals surface area contributed by atoms with E-state index >= 15 is 0 Å². The molecule has 7 heteroatoms. The molecular formula is C8H7Cl3N3S+. The van der Waals surface area contributed by atoms with Gasteiger partial charge in [0.05, 0.1) is 20.6 Å². The van der Waals surface area contributed by atoms with Gasteiger partial charge < -0.3 is 5.73 Å². The first-order chi connectivity index (χ1) is 7.02. The maximum atomic E-state index is 5.93. The second-order valence-electron chi connectivity index (χ2n) is 2.53. The zero-order valence-electron chi connectivity index (χ0n) is 7.35. The lowest BCUT2D eigenvalue weighted by Crippen LogP contribution is -2.82. The summed E-state index contributed by atoms with van der Waals surface area (Å²) in [5.74, 6) is 0. The first kappa shape index (κ1) is 12.5. The molecule has 0 saturated heterocycles. The number of hydrazone groups is 1. The van der Waals surface area contributed by atoms with E-state index in [0.29, 0.717) is 20.6 Å². The van der Waals surface area contributed by atoms with Crippen molar-refractivity contribution >= 4 is 58.3 Å². The normalized spacial score (nSPS) is 10.6. The molecule has 4 N–H and O–H groups in total. The second kappa shape index (κ2) is 5.51. The zero-order chi connectivity index (χ0) is 11.4. The Morgan fingerprint density at radius 2 is 1.93 bits per heavy atom. The van der Waals surface area contributed by atoms with E-state index in [0.717, 1.165) is 0 Å². The van der Waals surface area contributed by atoms with Crippen molar-refractivity contribution in [2.75, 3.05) is 0 Å². The second-order valence-corrected chi connectivity index (χ2v) is 4.17. The summed E-state index contributed by atoms with van der Waals surface area (Å²) in [6.07, 6.45) is 1.52. The minimum Gasteiger partial charge on any atom is -0.372 e. The molecule has 0 amide bonds. The van der Waals surface area contributed by atoms with Crippen molar-refractivity contribution in [3.05, 3.63) is 32.8 Å². The molecule has 0 fully saturated rings. The highest BCUT2D eigenvalue weighted by Crippen LogP contribution is 2.29. The standard InChI is InChI=1S/C8H6Cl3N3S/c9-5-1-2-6(10)7(11)4(5)3-13-14-8(12)15/h1-3H,(H3,12,14,15)/p+1. The first-order valence-corrected chi connectivity index (χ1v) is 5.34. The van der Waals surface area contributed by atoms with Crippen LogP contribution in [0.2, 0.25) is 15.1 Å². The van der Waals surface area contributed by atoms with Crippen LogP contribution in [0, 0.1) is 0 Å². The Bertz CT molecular complexity index is 420. The number of halogens is 3. The van der Waals surface area contributed by atoms with Gasteiger partial charge in [-0.15, -0.1) is 10.5 Å². The van der Waals surface area contributed by atoms with Gasteiger partial charge in [0.2, 0.25) is 11.3 Å². The number of nitrogens with one attached hydrogen (secondary N) is 2. The molecule has 0 aromatic heterocycles. The van der Waals surface area contributed by atoms with E-state index < -0.39 is 0 Å². The van der Waals surface area contributed by atoms with Gasteiger partial charge in [0.25, 0.3) is 0 Å². The van der Waals surface area contributed by atoms with Crippen LogP contribution in [0.25, 0.3) is 0 Å². The van der Waals surface area contributed by atoms with E-state index in [4.69, 9.17) is 40.5 Å². The van der Waals surface area contributed by atoms with Gasteiger partial charge in [0.15, 0.2) is 0 Å². The average molecular weight is 284 g/mol. The summed E-state index contributed by atoms with van der Waals surface area (Å²) >= 11 is 22.3. The highest BCUT2D eigenvalue weighted by Gasteiger charge is 2.09. The molecule has 0 bridgehead atoms. The SMILES string of the molecule is NC(=S)N[NH+]=Cc1c(Cl)ccc(Cl)c1Cl. The van der Waals surface area contributed by atoms with Gasteiger partial charge in [-0.2, -0.15) is 0 Å². The molecule has 1 aromatic carbocycles. The summed E-state index contributed by atoms with van der Waals surface area (Å²) < 4.78 is 0. The maximum absolute atomic E-state index is 5.93. The van der Waals surface area contributed by atoms with Crippen molar-refractivity contribution in [3.8, 4) is 0 Å². The predicted octanol–water partition coefficient (Wildman–Crippen LogP) is 0.895. The van der Waals surface area contributed by atoms with Crippen LogP contribution >= 0.6 is 47.0 Å². The van der Waals surface area contributed by atoms with Crippen molar-refractivity contribution in [2.45, 2.75) is 0 Å². The molecule has 15 heavy (non-hydrogen) atoms. The topological polar surface area (TPSA) is 52.0 Å². The number of nitrogens with two attached hydrogens (primary N) is 1. The Morgan fingerprint density at radius 1 is 1.33 bits per heavy atom. The molecule has 1 rings (SSSR count). The molecule has 1 aromatic rings. The van der Waals surface area contributed by atoms with Gasteiger partial charge in [0.1, 0.15) is 0 Å². The predicted molar refractivity (Wildman–Crippen MR) is 67.5 cm³/mol. The number of hydrazine groups is 1. The molecule has 0 radical (unpaired) electrons. The lowest BCUT2D eigenvalue weighted by atomic mass is 10.2. The van der Waals surface area contributed by atoms with Gasteiger partial charge in [-0.3, -0.25) is 0 Å². The van der Waals surface area contributed by atoms with Crippen LogP contribution in [-0.2, 0) is 0 Å². The van der Waals surface area contributed by atoms with Crippen LogP contribution in [0.1, 0.15) is 5.56 Å². The van der Waals surface area contributed by atoms with Crippen molar-refractivity contribution in [1.82, 2.24) is 5.43 Å². The molecule has 80 valence electrons. The Labute approximate surface area is 107 Å². The molecule has 0 atom stereocenters. The Kier molecular flexibility index (Phi) is 4.60. The van der Waals surface area contributed by atoms with Crippen LogP contribution in [0.5, 0.6) is 0 Å². The number of thiocarbonyl (C=S) groups is 1. The summed E-state index contributed by atoms with van der Waals surface area (Å²) in [6, 6.07) is 3.26. The third kappa shape index (κ3) is 3.50. The van der Waals surface area contributed by atoms with Crippen LogP contribution in [0.15, 0.2) is 12.1 Å². The van der Waals surface area contributed by atoms with Gasteiger partial charge in [-0.1, -0.05) is 34.8 Å². The van der Waals surface area contributed by atoms with Crippen LogP contribution in [-0.4, -0.2) is 11.3 Å². The maximum Gasteiger partial charge on any atom is 0.221 e. The zero-order valence-corrected chi connectivity index (χ0v) is 10.4. The van der Waals surface area contributed by atoms with Gasteiger partial charge >= 0.3 is 0 Å². The molecule has 0 saturated carbocycles. The summed E-state index contributed by atoms with van der Waals surface area (Å²) in [5, 5.41) is 4.01. The largest absolute Gasteiger partial charge is 0.372 e. The number of rotatable bonds is 2. The molecule has 0 aliphatic carbocycles. The minimum absolute atomic E-state index is 0.112. The molecular weight excluding hydrogens is 277 g/mol. The molecule has 0 aliphatic heterocycles. The first-order valence-electron chi connectivity index (χ1n) is 3.80. The number of hydrogen-bond acceptors (Lipinski definition) is 1. The number of hydrogen-bond donors (Lipinski definition) is 3. The van der Waals surface area contributed by atoms with E-state index in [1.807, 2.05) is 0 Å².